The highest BCUT2D eigenvalue weighted by Crippen LogP contribution is 2.19. The molecule has 0 radical (unpaired) electrons. The number of carbonyl (C=O) groups is 1. The molecule has 2 aromatic heterocycles. The van der Waals surface area contributed by atoms with Gasteiger partial charge in [-0.1, -0.05) is 0 Å². The van der Waals surface area contributed by atoms with Crippen molar-refractivity contribution in [3.63, 3.8) is 0 Å². The number of hydrogen-bond acceptors (Lipinski definition) is 4. The van der Waals surface area contributed by atoms with Crippen LogP contribution < -0.4 is 5.69 Å². The van der Waals surface area contributed by atoms with E-state index in [0.29, 0.717) is 6.54 Å². The Kier molecular flexibility index (Phi) is 3.69. The van der Waals surface area contributed by atoms with E-state index in [-0.39, 0.29) is 5.69 Å². The molecule has 18 heavy (non-hydrogen) atoms. The predicted octanol–water partition coefficient (Wildman–Crippen LogP) is 1.45. The topological polar surface area (TPSA) is 72.2 Å². The minimum absolute atomic E-state index is 0.320. The van der Waals surface area contributed by atoms with E-state index in [9.17, 15) is 9.59 Å². The van der Waals surface area contributed by atoms with Crippen LogP contribution in [-0.2, 0) is 11.3 Å². The van der Waals surface area contributed by atoms with Crippen LogP contribution in [0.2, 0.25) is 0 Å². The van der Waals surface area contributed by atoms with E-state index in [1.165, 1.54) is 28.2 Å². The third kappa shape index (κ3) is 2.92. The molecule has 0 aliphatic heterocycles. The third-order valence-corrected chi connectivity index (χ3v) is 3.20. The smallest absolute Gasteiger partial charge is 0.347 e. The van der Waals surface area contributed by atoms with Gasteiger partial charge in [-0.2, -0.15) is 0 Å². The van der Waals surface area contributed by atoms with E-state index in [2.05, 4.69) is 4.98 Å². The van der Waals surface area contributed by atoms with Crippen LogP contribution >= 0.6 is 11.3 Å². The van der Waals surface area contributed by atoms with Gasteiger partial charge in [-0.25, -0.2) is 14.6 Å². The molecule has 0 aliphatic carbocycles. The molecule has 0 unspecified atom stereocenters. The second-order valence-corrected chi connectivity index (χ2v) is 4.50. The summed E-state index contributed by atoms with van der Waals surface area (Å²) in [5, 5.41) is 10.4. The molecule has 2 aromatic rings. The van der Waals surface area contributed by atoms with Crippen LogP contribution in [0.4, 0.5) is 0 Å². The van der Waals surface area contributed by atoms with Crippen LogP contribution in [-0.4, -0.2) is 20.6 Å². The van der Waals surface area contributed by atoms with E-state index in [0.717, 1.165) is 16.5 Å². The van der Waals surface area contributed by atoms with Gasteiger partial charge in [0.25, 0.3) is 0 Å². The van der Waals surface area contributed by atoms with Crippen molar-refractivity contribution >= 4 is 23.4 Å². The van der Waals surface area contributed by atoms with Crippen LogP contribution in [0.15, 0.2) is 40.8 Å². The zero-order chi connectivity index (χ0) is 13.0. The molecule has 0 aromatic carbocycles. The first-order valence-corrected chi connectivity index (χ1v) is 6.03. The van der Waals surface area contributed by atoms with Gasteiger partial charge in [0.05, 0.1) is 6.54 Å². The van der Waals surface area contributed by atoms with Crippen molar-refractivity contribution in [2.45, 2.75) is 6.54 Å². The van der Waals surface area contributed by atoms with E-state index in [1.807, 2.05) is 11.4 Å². The Bertz CT molecular complexity index is 643. The molecule has 92 valence electrons. The Labute approximate surface area is 107 Å². The Balaban J connectivity index is 2.26. The lowest BCUT2D eigenvalue weighted by Crippen LogP contribution is -2.21. The average Bonchev–Trinajstić information content (AvgIpc) is 2.77. The first-order chi connectivity index (χ1) is 8.66. The monoisotopic (exact) mass is 262 g/mol. The van der Waals surface area contributed by atoms with Gasteiger partial charge in [0.15, 0.2) is 0 Å². The largest absolute Gasteiger partial charge is 0.478 e. The summed E-state index contributed by atoms with van der Waals surface area (Å²) in [6.45, 7) is 0.392. The number of carboxylic acid groups (broad SMARTS) is 1. The predicted molar refractivity (Wildman–Crippen MR) is 68.6 cm³/mol. The van der Waals surface area contributed by atoms with E-state index in [4.69, 9.17) is 5.11 Å². The van der Waals surface area contributed by atoms with Crippen LogP contribution in [0, 0.1) is 0 Å². The molecule has 6 heteroatoms. The Hall–Kier alpha value is -2.21. The fourth-order valence-corrected chi connectivity index (χ4v) is 2.32. The number of nitrogens with zero attached hydrogens (tertiary/aromatic N) is 2. The summed E-state index contributed by atoms with van der Waals surface area (Å²) in [7, 11) is 0. The van der Waals surface area contributed by atoms with Crippen molar-refractivity contribution in [3.05, 3.63) is 56.9 Å². The molecular formula is C12H10N2O3S. The maximum absolute atomic E-state index is 11.5. The Morgan fingerprint density at radius 2 is 2.39 bits per heavy atom. The summed E-state index contributed by atoms with van der Waals surface area (Å²) in [6, 6.07) is 3.50. The molecule has 0 fully saturated rings. The zero-order valence-electron chi connectivity index (χ0n) is 9.31. The van der Waals surface area contributed by atoms with Crippen molar-refractivity contribution in [1.29, 1.82) is 0 Å². The van der Waals surface area contributed by atoms with Gasteiger partial charge in [-0.15, -0.1) is 11.3 Å². The lowest BCUT2D eigenvalue weighted by atomic mass is 10.2. The second-order valence-electron chi connectivity index (χ2n) is 3.50. The standard InChI is InChI=1S/C12H10N2O3S/c15-11(16)3-2-9-4-7-18-10(9)8-14-6-1-5-13-12(14)17/h1-7H,8H2,(H,15,16)/b3-2+. The third-order valence-electron chi connectivity index (χ3n) is 2.28. The fraction of sp³-hybridized carbons (Fsp3) is 0.0833. The number of thiophene rings is 1. The van der Waals surface area contributed by atoms with Crippen molar-refractivity contribution in [2.75, 3.05) is 0 Å². The number of aliphatic carboxylic acids is 1. The van der Waals surface area contributed by atoms with Gasteiger partial charge in [0.1, 0.15) is 0 Å². The maximum Gasteiger partial charge on any atom is 0.347 e. The van der Waals surface area contributed by atoms with Crippen LogP contribution in [0.5, 0.6) is 0 Å². The summed E-state index contributed by atoms with van der Waals surface area (Å²) in [5.74, 6) is -0.995. The lowest BCUT2D eigenvalue weighted by Gasteiger charge is -2.03. The fourth-order valence-electron chi connectivity index (χ4n) is 1.45. The summed E-state index contributed by atoms with van der Waals surface area (Å²) < 4.78 is 1.48. The van der Waals surface area contributed by atoms with Gasteiger partial charge in [0, 0.05) is 23.3 Å². The number of carboxylic acids is 1. The molecule has 2 rings (SSSR count). The molecule has 0 amide bonds. The minimum atomic E-state index is -0.995. The highest BCUT2D eigenvalue weighted by atomic mass is 32.1. The summed E-state index contributed by atoms with van der Waals surface area (Å²) in [5.41, 5.74) is 0.484. The molecule has 2 heterocycles. The molecule has 0 saturated heterocycles. The molecular weight excluding hydrogens is 252 g/mol. The van der Waals surface area contributed by atoms with E-state index < -0.39 is 5.97 Å². The maximum atomic E-state index is 11.5. The van der Waals surface area contributed by atoms with Gasteiger partial charge in [0.2, 0.25) is 0 Å². The lowest BCUT2D eigenvalue weighted by molar-refractivity contribution is -0.131. The SMILES string of the molecule is O=C(O)/C=C/c1ccsc1Cn1cccnc1=O. The van der Waals surface area contributed by atoms with Gasteiger partial charge >= 0.3 is 11.7 Å². The molecule has 0 spiro atoms. The van der Waals surface area contributed by atoms with E-state index in [1.54, 1.807) is 12.3 Å². The normalized spacial score (nSPS) is 10.9. The molecule has 0 aliphatic rings. The van der Waals surface area contributed by atoms with Crippen molar-refractivity contribution in [3.8, 4) is 0 Å². The molecule has 0 saturated carbocycles. The first kappa shape index (κ1) is 12.3. The molecule has 0 atom stereocenters. The zero-order valence-corrected chi connectivity index (χ0v) is 10.1. The van der Waals surface area contributed by atoms with Crippen molar-refractivity contribution < 1.29 is 9.90 Å². The van der Waals surface area contributed by atoms with Crippen LogP contribution in [0.25, 0.3) is 6.08 Å². The molecule has 5 nitrogen and oxygen atoms in total. The molecule has 1 N–H and O–H groups in total. The van der Waals surface area contributed by atoms with Crippen LogP contribution in [0.3, 0.4) is 0 Å². The van der Waals surface area contributed by atoms with E-state index >= 15 is 0 Å². The highest BCUT2D eigenvalue weighted by molar-refractivity contribution is 7.10. The first-order valence-electron chi connectivity index (χ1n) is 5.15. The van der Waals surface area contributed by atoms with Gasteiger partial charge < -0.3 is 5.11 Å². The van der Waals surface area contributed by atoms with Crippen molar-refractivity contribution in [2.24, 2.45) is 0 Å². The summed E-state index contributed by atoms with van der Waals surface area (Å²) in [6.07, 6.45) is 5.70. The number of aromatic nitrogens is 2. The van der Waals surface area contributed by atoms with Gasteiger partial charge in [-0.05, 0) is 29.2 Å². The summed E-state index contributed by atoms with van der Waals surface area (Å²) >= 11 is 1.47. The Morgan fingerprint density at radius 3 is 3.11 bits per heavy atom. The Morgan fingerprint density at radius 1 is 1.56 bits per heavy atom. The van der Waals surface area contributed by atoms with Crippen molar-refractivity contribution in [1.82, 2.24) is 9.55 Å². The average molecular weight is 262 g/mol. The highest BCUT2D eigenvalue weighted by Gasteiger charge is 2.04. The number of hydrogen-bond donors (Lipinski definition) is 1. The van der Waals surface area contributed by atoms with Gasteiger partial charge in [-0.3, -0.25) is 4.57 Å². The molecule has 0 bridgehead atoms. The number of rotatable bonds is 4. The minimum Gasteiger partial charge on any atom is -0.478 e. The summed E-state index contributed by atoms with van der Waals surface area (Å²) in [4.78, 5) is 26.5. The quantitative estimate of drug-likeness (QED) is 0.846. The van der Waals surface area contributed by atoms with Crippen LogP contribution in [0.1, 0.15) is 10.4 Å². The second kappa shape index (κ2) is 5.42.